The van der Waals surface area contributed by atoms with Gasteiger partial charge in [0, 0.05) is 0 Å². The number of rotatable bonds is 5. The number of halogens is 3. The Kier molecular flexibility index (Phi) is 6.35. The fraction of sp³-hybridized carbons (Fsp3) is 0.375. The molecule has 1 fully saturated rings. The van der Waals surface area contributed by atoms with Crippen LogP contribution in [0.1, 0.15) is 11.9 Å². The molecule has 1 saturated heterocycles. The van der Waals surface area contributed by atoms with Crippen molar-refractivity contribution >= 4 is 34.8 Å². The molecular weight excluding hydrogens is 439 g/mol. The highest BCUT2D eigenvalue weighted by Crippen LogP contribution is 2.34. The van der Waals surface area contributed by atoms with Crippen molar-refractivity contribution < 1.29 is 24.8 Å². The Morgan fingerprint density at radius 3 is 2.36 bits per heavy atom. The Morgan fingerprint density at radius 1 is 1.14 bits per heavy atom. The second-order valence-electron chi connectivity index (χ2n) is 5.96. The van der Waals surface area contributed by atoms with Gasteiger partial charge in [-0.3, -0.25) is 14.3 Å². The van der Waals surface area contributed by atoms with E-state index in [0.717, 1.165) is 4.57 Å². The van der Waals surface area contributed by atoms with Gasteiger partial charge in [-0.2, -0.15) is 0 Å². The van der Waals surface area contributed by atoms with E-state index < -0.39 is 49.0 Å². The number of nitrogens with one attached hydrogen (secondary N) is 1. The van der Waals surface area contributed by atoms with E-state index in [1.54, 1.807) is 6.07 Å². The Morgan fingerprint density at radius 2 is 1.79 bits per heavy atom. The smallest absolute Gasteiger partial charge is 0.330 e. The van der Waals surface area contributed by atoms with Crippen LogP contribution in [0.3, 0.4) is 0 Å². The number of hydrogen-bond donors (Lipinski definition) is 4. The van der Waals surface area contributed by atoms with Gasteiger partial charge in [0.15, 0.2) is 12.0 Å². The number of aromatic amines is 1. The van der Waals surface area contributed by atoms with Crippen molar-refractivity contribution in [2.75, 3.05) is 6.61 Å². The van der Waals surface area contributed by atoms with Crippen molar-refractivity contribution in [3.63, 3.8) is 0 Å². The quantitative estimate of drug-likeness (QED) is 0.523. The summed E-state index contributed by atoms with van der Waals surface area (Å²) >= 11 is 18.1. The van der Waals surface area contributed by atoms with E-state index in [2.05, 4.69) is 0 Å². The van der Waals surface area contributed by atoms with Crippen molar-refractivity contribution in [3.05, 3.63) is 59.8 Å². The highest BCUT2D eigenvalue weighted by Gasteiger charge is 2.44. The van der Waals surface area contributed by atoms with Crippen molar-refractivity contribution in [3.8, 4) is 5.75 Å². The van der Waals surface area contributed by atoms with E-state index in [1.807, 2.05) is 4.98 Å². The zero-order chi connectivity index (χ0) is 20.6. The average Bonchev–Trinajstić information content (AvgIpc) is 2.93. The molecule has 0 spiro atoms. The summed E-state index contributed by atoms with van der Waals surface area (Å²) in [6, 6.07) is 4.66. The van der Waals surface area contributed by atoms with Crippen molar-refractivity contribution in [2.45, 2.75) is 31.1 Å². The second kappa shape index (κ2) is 8.42. The molecule has 9 nitrogen and oxygen atoms in total. The van der Waals surface area contributed by atoms with Crippen molar-refractivity contribution in [1.29, 1.82) is 0 Å². The van der Waals surface area contributed by atoms with Gasteiger partial charge in [-0.05, 0) is 12.1 Å². The Hall–Kier alpha value is -1.59. The Bertz CT molecular complexity index is 973. The summed E-state index contributed by atoms with van der Waals surface area (Å²) in [4.78, 5) is 26.3. The number of aliphatic hydroxyl groups excluding tert-OH is 3. The maximum Gasteiger partial charge on any atom is 0.330 e. The maximum absolute atomic E-state index is 12.4. The summed E-state index contributed by atoms with van der Waals surface area (Å²) in [6.45, 7) is -1.02. The molecule has 12 heteroatoms. The molecule has 2 heterocycles. The molecular formula is C16H15Cl3N2O7. The molecule has 0 unspecified atom stereocenters. The third kappa shape index (κ3) is 3.79. The van der Waals surface area contributed by atoms with Crippen molar-refractivity contribution in [1.82, 2.24) is 9.55 Å². The van der Waals surface area contributed by atoms with Gasteiger partial charge in [0.05, 0.1) is 22.3 Å². The molecule has 4 N–H and O–H groups in total. The molecule has 2 aromatic rings. The standard InChI is InChI=1S/C16H15Cl3N2O7/c17-6-2-1-3-7(18)13(6)27-5-8-10(19)14(25)20-16(26)21(8)15-12(24)11(23)9(4-22)28-15/h1-3,9,11-12,15,22-24H,4-5H2,(H,20,25,26)/t9-,11-,12-,15-/m1/s1. The van der Waals surface area contributed by atoms with Gasteiger partial charge in [-0.25, -0.2) is 4.79 Å². The molecule has 3 rings (SSSR count). The Balaban J connectivity index is 2.04. The number of benzene rings is 1. The number of ether oxygens (including phenoxy) is 2. The first-order valence-electron chi connectivity index (χ1n) is 7.98. The fourth-order valence-corrected chi connectivity index (χ4v) is 3.53. The first-order valence-corrected chi connectivity index (χ1v) is 9.12. The van der Waals surface area contributed by atoms with Crippen molar-refractivity contribution in [2.24, 2.45) is 0 Å². The largest absolute Gasteiger partial charge is 0.484 e. The van der Waals surface area contributed by atoms with Crippen LogP contribution in [0.4, 0.5) is 0 Å². The lowest BCUT2D eigenvalue weighted by atomic mass is 10.1. The highest BCUT2D eigenvalue weighted by atomic mass is 35.5. The summed E-state index contributed by atoms with van der Waals surface area (Å²) in [6.07, 6.45) is -5.59. The highest BCUT2D eigenvalue weighted by molar-refractivity contribution is 6.37. The molecule has 152 valence electrons. The molecule has 1 aliphatic heterocycles. The van der Waals surface area contributed by atoms with E-state index in [4.69, 9.17) is 44.3 Å². The number of hydrogen-bond acceptors (Lipinski definition) is 7. The summed E-state index contributed by atoms with van der Waals surface area (Å²) in [5, 5.41) is 29.4. The van der Waals surface area contributed by atoms with Gasteiger partial charge in [0.25, 0.3) is 5.56 Å². The van der Waals surface area contributed by atoms with Crippen LogP contribution in [0.15, 0.2) is 27.8 Å². The first-order chi connectivity index (χ1) is 13.3. The van der Waals surface area contributed by atoms with E-state index >= 15 is 0 Å². The average molecular weight is 454 g/mol. The van der Waals surface area contributed by atoms with Crippen LogP contribution in [-0.2, 0) is 11.3 Å². The molecule has 0 saturated carbocycles. The molecule has 28 heavy (non-hydrogen) atoms. The van der Waals surface area contributed by atoms with Crippen LogP contribution in [-0.4, -0.2) is 49.8 Å². The lowest BCUT2D eigenvalue weighted by Crippen LogP contribution is -2.40. The van der Waals surface area contributed by atoms with Gasteiger partial charge in [0.2, 0.25) is 0 Å². The molecule has 0 amide bonds. The summed E-state index contributed by atoms with van der Waals surface area (Å²) < 4.78 is 11.8. The molecule has 0 radical (unpaired) electrons. The van der Waals surface area contributed by atoms with Crippen LogP contribution in [0.25, 0.3) is 0 Å². The number of H-pyrrole nitrogens is 1. The third-order valence-corrected chi connectivity index (χ3v) is 5.21. The lowest BCUT2D eigenvalue weighted by molar-refractivity contribution is -0.0571. The zero-order valence-corrected chi connectivity index (χ0v) is 16.3. The molecule has 4 atom stereocenters. The second-order valence-corrected chi connectivity index (χ2v) is 7.15. The van der Waals surface area contributed by atoms with Crippen LogP contribution in [0, 0.1) is 0 Å². The minimum absolute atomic E-state index is 0.0994. The van der Waals surface area contributed by atoms with E-state index in [0.29, 0.717) is 0 Å². The van der Waals surface area contributed by atoms with E-state index in [9.17, 15) is 24.9 Å². The Labute approximate surface area is 172 Å². The first kappa shape index (κ1) is 21.1. The molecule has 1 aromatic heterocycles. The van der Waals surface area contributed by atoms with Gasteiger partial charge >= 0.3 is 5.69 Å². The van der Waals surface area contributed by atoms with Crippen LogP contribution in [0.2, 0.25) is 15.1 Å². The van der Waals surface area contributed by atoms with Gasteiger partial charge < -0.3 is 24.8 Å². The van der Waals surface area contributed by atoms with Gasteiger partial charge in [-0.1, -0.05) is 40.9 Å². The number of aromatic nitrogens is 2. The van der Waals surface area contributed by atoms with E-state index in [1.165, 1.54) is 12.1 Å². The predicted octanol–water partition coefficient (Wildman–Crippen LogP) is 0.687. The topological polar surface area (TPSA) is 134 Å². The monoisotopic (exact) mass is 452 g/mol. The van der Waals surface area contributed by atoms with Gasteiger partial charge in [0.1, 0.15) is 29.9 Å². The molecule has 1 aromatic carbocycles. The number of aliphatic hydroxyl groups is 3. The lowest BCUT2D eigenvalue weighted by Gasteiger charge is -2.22. The zero-order valence-electron chi connectivity index (χ0n) is 14.0. The van der Waals surface area contributed by atoms with Gasteiger partial charge in [-0.15, -0.1) is 0 Å². The van der Waals surface area contributed by atoms with Crippen LogP contribution >= 0.6 is 34.8 Å². The van der Waals surface area contributed by atoms with E-state index in [-0.39, 0.29) is 26.5 Å². The predicted molar refractivity (Wildman–Crippen MR) is 100 cm³/mol. The minimum atomic E-state index is -1.57. The molecule has 1 aliphatic rings. The van der Waals surface area contributed by atoms with Crippen LogP contribution < -0.4 is 16.0 Å². The number of nitrogens with zero attached hydrogens (tertiary/aromatic N) is 1. The molecule has 0 aliphatic carbocycles. The molecule has 0 bridgehead atoms. The third-order valence-electron chi connectivity index (χ3n) is 4.23. The summed E-state index contributed by atoms with van der Waals surface area (Å²) in [5.41, 5.74) is -1.96. The summed E-state index contributed by atoms with van der Waals surface area (Å²) in [5.74, 6) is 0.0994. The minimum Gasteiger partial charge on any atom is -0.484 e. The normalized spacial score (nSPS) is 24.5. The number of para-hydroxylation sites is 1. The maximum atomic E-state index is 12.4. The summed E-state index contributed by atoms with van der Waals surface area (Å²) in [7, 11) is 0. The SMILES string of the molecule is O=c1[nH]c(=O)n([C@@H]2O[C@H](CO)[C@@H](O)[C@H]2O)c(COc2c(Cl)cccc2Cl)c1Cl. The fourth-order valence-electron chi connectivity index (χ4n) is 2.83. The van der Waals surface area contributed by atoms with Crippen LogP contribution in [0.5, 0.6) is 5.75 Å².